The molecule has 7 atom stereocenters. The number of hydrogen-bond donors (Lipinski definition) is 6. The first-order chi connectivity index (χ1) is 15.0. The van der Waals surface area contributed by atoms with Gasteiger partial charge in [0.15, 0.2) is 6.29 Å². The van der Waals surface area contributed by atoms with Gasteiger partial charge in [-0.05, 0) is 6.42 Å². The van der Waals surface area contributed by atoms with Gasteiger partial charge in [0.25, 0.3) is 0 Å². The summed E-state index contributed by atoms with van der Waals surface area (Å²) in [6, 6.07) is 0. The average molecular weight is 455 g/mol. The summed E-state index contributed by atoms with van der Waals surface area (Å²) in [5, 5.41) is 58.1. The smallest absolute Gasteiger partial charge is 0.187 e. The van der Waals surface area contributed by atoms with Gasteiger partial charge in [-0.25, -0.2) is 0 Å². The van der Waals surface area contributed by atoms with Crippen LogP contribution >= 0.6 is 0 Å². The molecule has 0 radical (unpaired) electrons. The van der Waals surface area contributed by atoms with Crippen molar-refractivity contribution >= 4 is 0 Å². The Hall–Kier alpha value is -0.400. The van der Waals surface area contributed by atoms with Crippen molar-refractivity contribution in [2.75, 3.05) is 33.2 Å². The van der Waals surface area contributed by atoms with Gasteiger partial charge in [0.2, 0.25) is 0 Å². The number of aliphatic hydroxyl groups is 6. The molecule has 1 heterocycles. The number of rotatable bonds is 18. The van der Waals surface area contributed by atoms with Gasteiger partial charge in [-0.1, -0.05) is 51.9 Å². The summed E-state index contributed by atoms with van der Waals surface area (Å²) in [7, 11) is 0. The lowest BCUT2D eigenvalue weighted by molar-refractivity contribution is -0.323. The van der Waals surface area contributed by atoms with Crippen LogP contribution in [0.3, 0.4) is 0 Å². The van der Waals surface area contributed by atoms with Gasteiger partial charge < -0.3 is 49.6 Å². The van der Waals surface area contributed by atoms with Gasteiger partial charge in [-0.15, -0.1) is 0 Å². The molecule has 1 fully saturated rings. The second-order valence-corrected chi connectivity index (χ2v) is 7.94. The Kier molecular flexibility index (Phi) is 15.8. The monoisotopic (exact) mass is 454 g/mol. The van der Waals surface area contributed by atoms with Gasteiger partial charge >= 0.3 is 0 Å². The molecule has 0 saturated carbocycles. The molecule has 1 aliphatic heterocycles. The number of ether oxygens (including phenoxy) is 4. The Labute approximate surface area is 184 Å². The predicted octanol–water partition coefficient (Wildman–Crippen LogP) is -0.344. The van der Waals surface area contributed by atoms with Crippen LogP contribution < -0.4 is 0 Å². The molecule has 1 rings (SSSR count). The van der Waals surface area contributed by atoms with E-state index < -0.39 is 62.7 Å². The van der Waals surface area contributed by atoms with E-state index in [-0.39, 0.29) is 6.79 Å². The summed E-state index contributed by atoms with van der Waals surface area (Å²) < 4.78 is 21.6. The van der Waals surface area contributed by atoms with Gasteiger partial charge in [0, 0.05) is 6.61 Å². The molecule has 1 saturated heterocycles. The largest absolute Gasteiger partial charge is 0.394 e. The number of aliphatic hydroxyl groups excluding tert-OH is 6. The zero-order valence-corrected chi connectivity index (χ0v) is 18.6. The van der Waals surface area contributed by atoms with Crippen molar-refractivity contribution in [3.8, 4) is 0 Å². The Morgan fingerprint density at radius 2 is 1.39 bits per heavy atom. The lowest BCUT2D eigenvalue weighted by atomic mass is 9.99. The molecule has 186 valence electrons. The predicted molar refractivity (Wildman–Crippen MR) is 111 cm³/mol. The fourth-order valence-electron chi connectivity index (χ4n) is 3.41. The molecule has 0 aromatic rings. The summed E-state index contributed by atoms with van der Waals surface area (Å²) in [4.78, 5) is 0. The first kappa shape index (κ1) is 28.6. The maximum atomic E-state index is 10.0. The average Bonchev–Trinajstić information content (AvgIpc) is 2.78. The van der Waals surface area contributed by atoms with Crippen LogP contribution in [0.25, 0.3) is 0 Å². The highest BCUT2D eigenvalue weighted by Gasteiger charge is 2.45. The second-order valence-electron chi connectivity index (χ2n) is 7.94. The summed E-state index contributed by atoms with van der Waals surface area (Å²) in [5.41, 5.74) is 0. The molecule has 0 aromatic heterocycles. The third kappa shape index (κ3) is 10.4. The zero-order valence-electron chi connectivity index (χ0n) is 18.6. The molecular weight excluding hydrogens is 412 g/mol. The molecular formula is C21H42O10. The standard InChI is InChI=1S/C21H42O10/c1-2-3-4-5-6-7-8-9-10-28-14-29-15(11-22)16(12-23)30-21-20(27)19(26)18(25)17(13-24)31-21/h15-27H,2-14H2,1H3/t15-,16+,17-,18-,19+,20-,21+/m1/s1. The van der Waals surface area contributed by atoms with Crippen LogP contribution in [0.5, 0.6) is 0 Å². The molecule has 6 N–H and O–H groups in total. The van der Waals surface area contributed by atoms with Crippen LogP contribution in [0.2, 0.25) is 0 Å². The van der Waals surface area contributed by atoms with E-state index in [4.69, 9.17) is 18.9 Å². The molecule has 0 aliphatic carbocycles. The van der Waals surface area contributed by atoms with Crippen LogP contribution in [0, 0.1) is 0 Å². The Balaban J connectivity index is 2.30. The minimum absolute atomic E-state index is 0.101. The topological polar surface area (TPSA) is 158 Å². The van der Waals surface area contributed by atoms with E-state index in [9.17, 15) is 30.6 Å². The van der Waals surface area contributed by atoms with Gasteiger partial charge in [0.1, 0.15) is 43.4 Å². The number of hydrogen-bond acceptors (Lipinski definition) is 10. The van der Waals surface area contributed by atoms with E-state index in [0.717, 1.165) is 12.8 Å². The van der Waals surface area contributed by atoms with Gasteiger partial charge in [-0.2, -0.15) is 0 Å². The van der Waals surface area contributed by atoms with E-state index in [1.165, 1.54) is 38.5 Å². The van der Waals surface area contributed by atoms with Crippen molar-refractivity contribution in [2.45, 2.75) is 101 Å². The lowest BCUT2D eigenvalue weighted by Gasteiger charge is -2.41. The fraction of sp³-hybridized carbons (Fsp3) is 1.00. The van der Waals surface area contributed by atoms with Crippen molar-refractivity contribution in [2.24, 2.45) is 0 Å². The highest BCUT2D eigenvalue weighted by molar-refractivity contribution is 4.89. The summed E-state index contributed by atoms with van der Waals surface area (Å²) in [6.07, 6.45) is 0.168. The highest BCUT2D eigenvalue weighted by Crippen LogP contribution is 2.24. The van der Waals surface area contributed by atoms with E-state index >= 15 is 0 Å². The minimum Gasteiger partial charge on any atom is -0.394 e. The van der Waals surface area contributed by atoms with Gasteiger partial charge in [0.05, 0.1) is 19.8 Å². The summed E-state index contributed by atoms with van der Waals surface area (Å²) in [5.74, 6) is 0. The molecule has 31 heavy (non-hydrogen) atoms. The van der Waals surface area contributed by atoms with Crippen molar-refractivity contribution in [1.82, 2.24) is 0 Å². The van der Waals surface area contributed by atoms with E-state index in [0.29, 0.717) is 6.61 Å². The van der Waals surface area contributed by atoms with Crippen molar-refractivity contribution in [1.29, 1.82) is 0 Å². The second kappa shape index (κ2) is 17.1. The van der Waals surface area contributed by atoms with Crippen LogP contribution in [0.1, 0.15) is 58.3 Å². The maximum absolute atomic E-state index is 10.0. The number of unbranched alkanes of at least 4 members (excludes halogenated alkanes) is 7. The molecule has 0 spiro atoms. The van der Waals surface area contributed by atoms with Crippen LogP contribution in [-0.4, -0.2) is 107 Å². The molecule has 0 aromatic carbocycles. The fourth-order valence-corrected chi connectivity index (χ4v) is 3.41. The van der Waals surface area contributed by atoms with Crippen molar-refractivity contribution < 1.29 is 49.6 Å². The maximum Gasteiger partial charge on any atom is 0.187 e. The Morgan fingerprint density at radius 3 is 1.97 bits per heavy atom. The highest BCUT2D eigenvalue weighted by atomic mass is 16.7. The molecule has 10 heteroatoms. The molecule has 0 unspecified atom stereocenters. The molecule has 10 nitrogen and oxygen atoms in total. The first-order valence-electron chi connectivity index (χ1n) is 11.4. The Morgan fingerprint density at radius 1 is 0.774 bits per heavy atom. The van der Waals surface area contributed by atoms with Crippen LogP contribution in [-0.2, 0) is 18.9 Å². The summed E-state index contributed by atoms with van der Waals surface area (Å²) >= 11 is 0. The third-order valence-corrected chi connectivity index (χ3v) is 5.44. The quantitative estimate of drug-likeness (QED) is 0.119. The molecule has 1 aliphatic rings. The van der Waals surface area contributed by atoms with Crippen molar-refractivity contribution in [3.63, 3.8) is 0 Å². The normalized spacial score (nSPS) is 28.5. The van der Waals surface area contributed by atoms with Gasteiger partial charge in [-0.3, -0.25) is 0 Å². The SMILES string of the molecule is CCCCCCCCCCOCO[C@H](CO)[C@H](CO)O[C@H]1O[C@H](CO)[C@@H](O)[C@H](O)[C@H]1O. The van der Waals surface area contributed by atoms with Crippen LogP contribution in [0.4, 0.5) is 0 Å². The third-order valence-electron chi connectivity index (χ3n) is 5.44. The minimum atomic E-state index is -1.61. The Bertz CT molecular complexity index is 425. The summed E-state index contributed by atoms with van der Waals surface area (Å²) in [6.45, 7) is 0.981. The lowest BCUT2D eigenvalue weighted by Crippen LogP contribution is -2.60. The van der Waals surface area contributed by atoms with E-state index in [1.54, 1.807) is 0 Å². The van der Waals surface area contributed by atoms with E-state index in [2.05, 4.69) is 6.92 Å². The van der Waals surface area contributed by atoms with Crippen LogP contribution in [0.15, 0.2) is 0 Å². The van der Waals surface area contributed by atoms with Crippen molar-refractivity contribution in [3.05, 3.63) is 0 Å². The molecule has 0 amide bonds. The van der Waals surface area contributed by atoms with E-state index in [1.807, 2.05) is 0 Å². The molecule has 0 bridgehead atoms. The zero-order chi connectivity index (χ0) is 23.1. The first-order valence-corrected chi connectivity index (χ1v) is 11.4.